The van der Waals surface area contributed by atoms with Gasteiger partial charge in [-0.1, -0.05) is 36.4 Å². The van der Waals surface area contributed by atoms with Crippen molar-refractivity contribution in [1.29, 1.82) is 0 Å². The van der Waals surface area contributed by atoms with Crippen molar-refractivity contribution in [1.82, 2.24) is 19.9 Å². The average molecular weight is 364 g/mol. The standard InChI is InChI=1S/C20H20N4O3/c1-24(12-10-17(25)14-7-3-2-4-8-14)20(27)15-13-22-18(23-19(15)26)16-9-5-6-11-21-16/h2-9,11,13,17,25H,10,12H2,1H3,(H,22,23,26)/t17-/m1/s1. The molecule has 2 heterocycles. The van der Waals surface area contributed by atoms with Crippen LogP contribution in [0.5, 0.6) is 0 Å². The Morgan fingerprint density at radius 1 is 1.15 bits per heavy atom. The monoisotopic (exact) mass is 364 g/mol. The Morgan fingerprint density at radius 2 is 1.89 bits per heavy atom. The van der Waals surface area contributed by atoms with Crippen molar-refractivity contribution in [2.45, 2.75) is 12.5 Å². The van der Waals surface area contributed by atoms with E-state index in [0.29, 0.717) is 24.5 Å². The van der Waals surface area contributed by atoms with Crippen LogP contribution in [0.4, 0.5) is 0 Å². The summed E-state index contributed by atoms with van der Waals surface area (Å²) in [5.74, 6) is -0.143. The molecule has 0 aliphatic carbocycles. The zero-order valence-corrected chi connectivity index (χ0v) is 14.9. The number of aliphatic hydroxyl groups excluding tert-OH is 1. The molecule has 7 nitrogen and oxygen atoms in total. The summed E-state index contributed by atoms with van der Waals surface area (Å²) in [7, 11) is 1.59. The van der Waals surface area contributed by atoms with Crippen LogP contribution < -0.4 is 5.56 Å². The summed E-state index contributed by atoms with van der Waals surface area (Å²) in [5, 5.41) is 10.2. The van der Waals surface area contributed by atoms with E-state index in [1.165, 1.54) is 11.1 Å². The zero-order valence-electron chi connectivity index (χ0n) is 14.9. The lowest BCUT2D eigenvalue weighted by molar-refractivity contribution is 0.0759. The van der Waals surface area contributed by atoms with Gasteiger partial charge in [0.05, 0.1) is 6.10 Å². The molecule has 3 rings (SSSR count). The zero-order chi connectivity index (χ0) is 19.2. The maximum Gasteiger partial charge on any atom is 0.264 e. The highest BCUT2D eigenvalue weighted by Crippen LogP contribution is 2.16. The van der Waals surface area contributed by atoms with Crippen LogP contribution >= 0.6 is 0 Å². The molecule has 2 N–H and O–H groups in total. The fraction of sp³-hybridized carbons (Fsp3) is 0.200. The van der Waals surface area contributed by atoms with E-state index in [0.717, 1.165) is 5.56 Å². The Morgan fingerprint density at radius 3 is 2.56 bits per heavy atom. The predicted molar refractivity (Wildman–Crippen MR) is 101 cm³/mol. The smallest absolute Gasteiger partial charge is 0.264 e. The van der Waals surface area contributed by atoms with Crippen molar-refractivity contribution >= 4 is 5.91 Å². The fourth-order valence-electron chi connectivity index (χ4n) is 2.65. The molecule has 0 unspecified atom stereocenters. The van der Waals surface area contributed by atoms with Gasteiger partial charge in [0.15, 0.2) is 5.82 Å². The Bertz CT molecular complexity index is 958. The van der Waals surface area contributed by atoms with Crippen LogP contribution in [0.25, 0.3) is 11.5 Å². The van der Waals surface area contributed by atoms with E-state index >= 15 is 0 Å². The van der Waals surface area contributed by atoms with E-state index < -0.39 is 17.6 Å². The Hall–Kier alpha value is -3.32. The summed E-state index contributed by atoms with van der Waals surface area (Å²) in [6, 6.07) is 14.5. The third-order valence-electron chi connectivity index (χ3n) is 4.21. The van der Waals surface area contributed by atoms with Crippen LogP contribution in [0.1, 0.15) is 28.4 Å². The molecular weight excluding hydrogens is 344 g/mol. The lowest BCUT2D eigenvalue weighted by atomic mass is 10.1. The topological polar surface area (TPSA) is 99.2 Å². The Labute approximate surface area is 156 Å². The quantitative estimate of drug-likeness (QED) is 0.697. The van der Waals surface area contributed by atoms with Gasteiger partial charge in [0.1, 0.15) is 11.3 Å². The first-order valence-electron chi connectivity index (χ1n) is 8.55. The first kappa shape index (κ1) is 18.5. The number of aliphatic hydroxyl groups is 1. The van der Waals surface area contributed by atoms with Crippen molar-refractivity contribution in [3.63, 3.8) is 0 Å². The van der Waals surface area contributed by atoms with Crippen LogP contribution in [0.15, 0.2) is 65.7 Å². The molecular formula is C20H20N4O3. The number of nitrogens with zero attached hydrogens (tertiary/aromatic N) is 3. The van der Waals surface area contributed by atoms with Crippen LogP contribution in [0, 0.1) is 0 Å². The molecule has 0 fully saturated rings. The van der Waals surface area contributed by atoms with Gasteiger partial charge in [-0.3, -0.25) is 14.6 Å². The summed E-state index contributed by atoms with van der Waals surface area (Å²) < 4.78 is 0. The van der Waals surface area contributed by atoms with Gasteiger partial charge in [-0.25, -0.2) is 4.98 Å². The highest BCUT2D eigenvalue weighted by atomic mass is 16.3. The van der Waals surface area contributed by atoms with Gasteiger partial charge in [0, 0.05) is 26.0 Å². The van der Waals surface area contributed by atoms with Crippen LogP contribution in [0.3, 0.4) is 0 Å². The molecule has 0 bridgehead atoms. The van der Waals surface area contributed by atoms with Crippen molar-refractivity contribution in [2.24, 2.45) is 0 Å². The maximum absolute atomic E-state index is 12.5. The number of nitrogens with one attached hydrogen (secondary N) is 1. The van der Waals surface area contributed by atoms with Gasteiger partial charge in [-0.15, -0.1) is 0 Å². The van der Waals surface area contributed by atoms with E-state index in [-0.39, 0.29) is 5.56 Å². The molecule has 0 saturated carbocycles. The Kier molecular flexibility index (Phi) is 5.73. The highest BCUT2D eigenvalue weighted by Gasteiger charge is 2.18. The maximum atomic E-state index is 12.5. The van der Waals surface area contributed by atoms with E-state index in [2.05, 4.69) is 15.0 Å². The molecule has 1 amide bonds. The van der Waals surface area contributed by atoms with Crippen molar-refractivity contribution in [3.8, 4) is 11.5 Å². The molecule has 0 spiro atoms. The number of aromatic nitrogens is 3. The largest absolute Gasteiger partial charge is 0.388 e. The van der Waals surface area contributed by atoms with Gasteiger partial charge in [-0.2, -0.15) is 0 Å². The molecule has 0 radical (unpaired) electrons. The minimum absolute atomic E-state index is 0.0496. The number of hydrogen-bond acceptors (Lipinski definition) is 5. The summed E-state index contributed by atoms with van der Waals surface area (Å²) in [5.41, 5.74) is 0.739. The van der Waals surface area contributed by atoms with Crippen LogP contribution in [-0.4, -0.2) is 44.5 Å². The third kappa shape index (κ3) is 4.45. The lowest BCUT2D eigenvalue weighted by Crippen LogP contribution is -2.33. The second-order valence-electron chi connectivity index (χ2n) is 6.13. The molecule has 0 aliphatic heterocycles. The molecule has 0 saturated heterocycles. The van der Waals surface area contributed by atoms with Gasteiger partial charge in [-0.05, 0) is 24.1 Å². The van der Waals surface area contributed by atoms with E-state index in [1.54, 1.807) is 31.4 Å². The second-order valence-corrected chi connectivity index (χ2v) is 6.13. The second kappa shape index (κ2) is 8.37. The highest BCUT2D eigenvalue weighted by molar-refractivity contribution is 5.93. The number of rotatable bonds is 6. The molecule has 27 heavy (non-hydrogen) atoms. The minimum atomic E-state index is -0.676. The average Bonchev–Trinajstić information content (AvgIpc) is 2.72. The number of aromatic amines is 1. The van der Waals surface area contributed by atoms with E-state index in [4.69, 9.17) is 0 Å². The van der Waals surface area contributed by atoms with Crippen molar-refractivity contribution in [2.75, 3.05) is 13.6 Å². The SMILES string of the molecule is CN(CC[C@@H](O)c1ccccc1)C(=O)c1cnc(-c2ccccn2)[nH]c1=O. The molecule has 1 atom stereocenters. The fourth-order valence-corrected chi connectivity index (χ4v) is 2.65. The van der Waals surface area contributed by atoms with Gasteiger partial charge in [0.2, 0.25) is 0 Å². The molecule has 7 heteroatoms. The number of carbonyl (C=O) groups is 1. The van der Waals surface area contributed by atoms with Gasteiger partial charge < -0.3 is 15.0 Å². The first-order chi connectivity index (χ1) is 13.1. The number of amides is 1. The van der Waals surface area contributed by atoms with E-state index in [9.17, 15) is 14.7 Å². The normalized spacial score (nSPS) is 11.8. The number of pyridine rings is 1. The third-order valence-corrected chi connectivity index (χ3v) is 4.21. The number of benzene rings is 1. The summed E-state index contributed by atoms with van der Waals surface area (Å²) in [6.45, 7) is 0.302. The first-order valence-corrected chi connectivity index (χ1v) is 8.55. The summed E-state index contributed by atoms with van der Waals surface area (Å²) in [6.07, 6.45) is 2.54. The van der Waals surface area contributed by atoms with Crippen molar-refractivity contribution < 1.29 is 9.90 Å². The van der Waals surface area contributed by atoms with E-state index in [1.807, 2.05) is 30.3 Å². The lowest BCUT2D eigenvalue weighted by Gasteiger charge is -2.19. The molecule has 2 aromatic heterocycles. The summed E-state index contributed by atoms with van der Waals surface area (Å²) >= 11 is 0. The number of H-pyrrole nitrogens is 1. The van der Waals surface area contributed by atoms with Crippen LogP contribution in [-0.2, 0) is 0 Å². The van der Waals surface area contributed by atoms with Crippen molar-refractivity contribution in [3.05, 3.63) is 82.4 Å². The van der Waals surface area contributed by atoms with Crippen LogP contribution in [0.2, 0.25) is 0 Å². The molecule has 0 aliphatic rings. The van der Waals surface area contributed by atoms with Gasteiger partial charge in [0.25, 0.3) is 11.5 Å². The molecule has 3 aromatic rings. The molecule has 138 valence electrons. The van der Waals surface area contributed by atoms with Gasteiger partial charge >= 0.3 is 0 Å². The minimum Gasteiger partial charge on any atom is -0.388 e. The number of carbonyl (C=O) groups excluding carboxylic acids is 1. The summed E-state index contributed by atoms with van der Waals surface area (Å²) in [4.78, 5) is 37.1. The predicted octanol–water partition coefficient (Wildman–Crippen LogP) is 2.03. The Balaban J connectivity index is 1.67. The molecule has 1 aromatic carbocycles. The number of hydrogen-bond donors (Lipinski definition) is 2.